The number of ether oxygens (including phenoxy) is 1. The number of halogens is 1. The predicted octanol–water partition coefficient (Wildman–Crippen LogP) is 3.89. The second kappa shape index (κ2) is 8.37. The van der Waals surface area contributed by atoms with Gasteiger partial charge in [0.05, 0.1) is 11.1 Å². The molecule has 1 atom stereocenters. The molecular weight excluding hydrogens is 234 g/mol. The molecule has 96 valence electrons. The minimum Gasteiger partial charge on any atom is -0.489 e. The van der Waals surface area contributed by atoms with E-state index in [4.69, 9.17) is 16.3 Å². The van der Waals surface area contributed by atoms with Crippen LogP contribution in [0.5, 0.6) is 5.75 Å². The Hall–Kier alpha value is -0.730. The highest BCUT2D eigenvalue weighted by molar-refractivity contribution is 6.32. The van der Waals surface area contributed by atoms with E-state index in [0.717, 1.165) is 31.7 Å². The van der Waals surface area contributed by atoms with E-state index in [0.29, 0.717) is 5.02 Å². The highest BCUT2D eigenvalue weighted by atomic mass is 35.5. The first-order valence-corrected chi connectivity index (χ1v) is 6.73. The molecule has 3 heteroatoms. The molecule has 0 bridgehead atoms. The van der Waals surface area contributed by atoms with E-state index in [2.05, 4.69) is 19.2 Å². The maximum Gasteiger partial charge on any atom is 0.138 e. The predicted molar refractivity (Wildman–Crippen MR) is 73.9 cm³/mol. The van der Waals surface area contributed by atoms with Crippen molar-refractivity contribution in [3.8, 4) is 5.75 Å². The van der Waals surface area contributed by atoms with Crippen molar-refractivity contribution in [1.82, 2.24) is 5.32 Å². The third-order valence-corrected chi connectivity index (χ3v) is 2.87. The molecule has 0 aliphatic rings. The van der Waals surface area contributed by atoms with Gasteiger partial charge in [-0.1, -0.05) is 30.7 Å². The van der Waals surface area contributed by atoms with Crippen LogP contribution in [0.2, 0.25) is 5.02 Å². The largest absolute Gasteiger partial charge is 0.489 e. The summed E-state index contributed by atoms with van der Waals surface area (Å²) in [5.41, 5.74) is 0. The van der Waals surface area contributed by atoms with E-state index in [1.54, 1.807) is 0 Å². The van der Waals surface area contributed by atoms with Gasteiger partial charge in [0.1, 0.15) is 5.75 Å². The van der Waals surface area contributed by atoms with Gasteiger partial charge in [-0.3, -0.25) is 0 Å². The smallest absolute Gasteiger partial charge is 0.138 e. The summed E-state index contributed by atoms with van der Waals surface area (Å²) in [6.07, 6.45) is 3.57. The van der Waals surface area contributed by atoms with Crippen LogP contribution in [-0.4, -0.2) is 19.2 Å². The van der Waals surface area contributed by atoms with E-state index in [1.165, 1.54) is 6.42 Å². The van der Waals surface area contributed by atoms with E-state index >= 15 is 0 Å². The molecule has 1 aromatic carbocycles. The molecule has 0 spiro atoms. The van der Waals surface area contributed by atoms with E-state index < -0.39 is 0 Å². The number of para-hydroxylation sites is 1. The van der Waals surface area contributed by atoms with Crippen molar-refractivity contribution in [2.75, 3.05) is 13.1 Å². The molecule has 0 aromatic heterocycles. The van der Waals surface area contributed by atoms with Crippen molar-refractivity contribution in [1.29, 1.82) is 0 Å². The number of benzene rings is 1. The van der Waals surface area contributed by atoms with Crippen LogP contribution >= 0.6 is 11.6 Å². The summed E-state index contributed by atoms with van der Waals surface area (Å²) < 4.78 is 5.79. The lowest BCUT2D eigenvalue weighted by molar-refractivity contribution is 0.207. The van der Waals surface area contributed by atoms with Crippen LogP contribution in [0.4, 0.5) is 0 Å². The van der Waals surface area contributed by atoms with Gasteiger partial charge >= 0.3 is 0 Å². The first-order chi connectivity index (χ1) is 8.24. The van der Waals surface area contributed by atoms with Crippen molar-refractivity contribution in [2.45, 2.75) is 39.2 Å². The fourth-order valence-corrected chi connectivity index (χ4v) is 1.81. The third-order valence-electron chi connectivity index (χ3n) is 2.56. The average molecular weight is 256 g/mol. The molecule has 0 aliphatic carbocycles. The summed E-state index contributed by atoms with van der Waals surface area (Å²) in [4.78, 5) is 0. The van der Waals surface area contributed by atoms with Crippen LogP contribution < -0.4 is 10.1 Å². The molecule has 0 fully saturated rings. The molecule has 1 unspecified atom stereocenters. The van der Waals surface area contributed by atoms with Gasteiger partial charge in [0.2, 0.25) is 0 Å². The van der Waals surface area contributed by atoms with Crippen molar-refractivity contribution >= 4 is 11.6 Å². The first kappa shape index (κ1) is 14.3. The number of rotatable bonds is 8. The maximum atomic E-state index is 6.03. The van der Waals surface area contributed by atoms with Gasteiger partial charge in [-0.2, -0.15) is 0 Å². The molecule has 1 aromatic rings. The molecule has 0 saturated carbocycles. The summed E-state index contributed by atoms with van der Waals surface area (Å²) in [5.74, 6) is 0.781. The van der Waals surface area contributed by atoms with Crippen LogP contribution in [0.25, 0.3) is 0 Å². The Bertz CT molecular complexity index is 317. The van der Waals surface area contributed by atoms with Gasteiger partial charge in [-0.25, -0.2) is 0 Å². The standard InChI is InChI=1S/C14H22ClNO/c1-3-10-16-11-6-7-12(2)17-14-9-5-4-8-13(14)15/h4-5,8-9,12,16H,3,6-7,10-11H2,1-2H3. The summed E-state index contributed by atoms with van der Waals surface area (Å²) in [7, 11) is 0. The van der Waals surface area contributed by atoms with Crippen molar-refractivity contribution in [3.05, 3.63) is 29.3 Å². The Morgan fingerprint density at radius 3 is 2.76 bits per heavy atom. The van der Waals surface area contributed by atoms with Crippen LogP contribution in [0, 0.1) is 0 Å². The Kier molecular flexibility index (Phi) is 7.06. The molecule has 0 heterocycles. The van der Waals surface area contributed by atoms with Gasteiger partial charge in [0.25, 0.3) is 0 Å². The zero-order chi connectivity index (χ0) is 12.5. The Balaban J connectivity index is 2.21. The lowest BCUT2D eigenvalue weighted by Gasteiger charge is -2.15. The van der Waals surface area contributed by atoms with Crippen LogP contribution in [0.3, 0.4) is 0 Å². The van der Waals surface area contributed by atoms with E-state index in [-0.39, 0.29) is 6.10 Å². The summed E-state index contributed by atoms with van der Waals surface area (Å²) in [5, 5.41) is 4.07. The van der Waals surface area contributed by atoms with Gasteiger partial charge < -0.3 is 10.1 Å². The quantitative estimate of drug-likeness (QED) is 0.712. The maximum absolute atomic E-state index is 6.03. The van der Waals surface area contributed by atoms with Crippen LogP contribution in [0.1, 0.15) is 33.1 Å². The molecular formula is C14H22ClNO. The summed E-state index contributed by atoms with van der Waals surface area (Å²) in [6.45, 7) is 6.42. The fourth-order valence-electron chi connectivity index (χ4n) is 1.63. The molecule has 0 amide bonds. The van der Waals surface area contributed by atoms with Crippen molar-refractivity contribution in [3.63, 3.8) is 0 Å². The molecule has 2 nitrogen and oxygen atoms in total. The van der Waals surface area contributed by atoms with Crippen molar-refractivity contribution in [2.24, 2.45) is 0 Å². The highest BCUT2D eigenvalue weighted by Gasteiger charge is 2.06. The normalized spacial score (nSPS) is 12.4. The molecule has 0 saturated heterocycles. The summed E-state index contributed by atoms with van der Waals surface area (Å²) >= 11 is 6.03. The van der Waals surface area contributed by atoms with Crippen LogP contribution in [-0.2, 0) is 0 Å². The Morgan fingerprint density at radius 2 is 2.06 bits per heavy atom. The average Bonchev–Trinajstić information content (AvgIpc) is 2.32. The topological polar surface area (TPSA) is 21.3 Å². The minimum absolute atomic E-state index is 0.207. The zero-order valence-electron chi connectivity index (χ0n) is 10.7. The van der Waals surface area contributed by atoms with Crippen molar-refractivity contribution < 1.29 is 4.74 Å². The summed E-state index contributed by atoms with van der Waals surface area (Å²) in [6, 6.07) is 7.62. The van der Waals surface area contributed by atoms with Gasteiger partial charge in [-0.15, -0.1) is 0 Å². The molecule has 0 radical (unpaired) electrons. The lowest BCUT2D eigenvalue weighted by atomic mass is 10.2. The molecule has 1 N–H and O–H groups in total. The lowest BCUT2D eigenvalue weighted by Crippen LogP contribution is -2.19. The van der Waals surface area contributed by atoms with Gasteiger partial charge in [0, 0.05) is 0 Å². The second-order valence-electron chi connectivity index (χ2n) is 4.25. The highest BCUT2D eigenvalue weighted by Crippen LogP contribution is 2.24. The third kappa shape index (κ3) is 5.94. The van der Waals surface area contributed by atoms with Gasteiger partial charge in [0.15, 0.2) is 0 Å². The SMILES string of the molecule is CCCNCCCC(C)Oc1ccccc1Cl. The Morgan fingerprint density at radius 1 is 1.29 bits per heavy atom. The number of hydrogen-bond donors (Lipinski definition) is 1. The Labute approximate surface area is 109 Å². The van der Waals surface area contributed by atoms with E-state index in [9.17, 15) is 0 Å². The minimum atomic E-state index is 0.207. The fraction of sp³-hybridized carbons (Fsp3) is 0.571. The number of nitrogens with one attached hydrogen (secondary N) is 1. The molecule has 1 rings (SSSR count). The van der Waals surface area contributed by atoms with E-state index in [1.807, 2.05) is 24.3 Å². The monoisotopic (exact) mass is 255 g/mol. The number of hydrogen-bond acceptors (Lipinski definition) is 2. The van der Waals surface area contributed by atoms with Gasteiger partial charge in [-0.05, 0) is 51.4 Å². The first-order valence-electron chi connectivity index (χ1n) is 6.36. The molecule has 17 heavy (non-hydrogen) atoms. The van der Waals surface area contributed by atoms with Crippen LogP contribution in [0.15, 0.2) is 24.3 Å². The zero-order valence-corrected chi connectivity index (χ0v) is 11.5. The molecule has 0 aliphatic heterocycles. The second-order valence-corrected chi connectivity index (χ2v) is 4.66.